The zero-order chi connectivity index (χ0) is 15.1. The Morgan fingerprint density at radius 1 is 1.35 bits per heavy atom. The summed E-state index contributed by atoms with van der Waals surface area (Å²) in [5, 5.41) is 0. The molecule has 20 heavy (non-hydrogen) atoms. The fourth-order valence-corrected chi connectivity index (χ4v) is 3.29. The number of nitrogens with two attached hydrogens (primary N) is 1. The highest BCUT2D eigenvalue weighted by atomic mass is 19.1. The van der Waals surface area contributed by atoms with Crippen molar-refractivity contribution in [2.24, 2.45) is 11.7 Å². The van der Waals surface area contributed by atoms with Gasteiger partial charge in [-0.25, -0.2) is 4.39 Å². The molecule has 0 amide bonds. The number of ether oxygens (including phenoxy) is 2. The quantitative estimate of drug-likeness (QED) is 0.923. The van der Waals surface area contributed by atoms with E-state index in [2.05, 4.69) is 13.8 Å². The average molecular weight is 281 g/mol. The van der Waals surface area contributed by atoms with Crippen molar-refractivity contribution in [2.45, 2.75) is 51.4 Å². The van der Waals surface area contributed by atoms with Crippen LogP contribution in [0.15, 0.2) is 18.2 Å². The minimum atomic E-state index is -0.378. The molecule has 1 saturated heterocycles. The maximum atomic E-state index is 13.8. The van der Waals surface area contributed by atoms with Gasteiger partial charge in [0.05, 0.1) is 18.3 Å². The maximum Gasteiger partial charge on any atom is 0.165 e. The molecule has 0 saturated carbocycles. The molecule has 1 fully saturated rings. The lowest BCUT2D eigenvalue weighted by Gasteiger charge is -2.31. The first-order valence-electron chi connectivity index (χ1n) is 6.95. The SMILES string of the molecule is COc1ccc(C(N)C2CC(C)(C)OC2(C)C)cc1F. The molecule has 112 valence electrons. The van der Waals surface area contributed by atoms with Crippen molar-refractivity contribution >= 4 is 0 Å². The number of benzene rings is 1. The zero-order valence-corrected chi connectivity index (χ0v) is 12.9. The number of rotatable bonds is 3. The van der Waals surface area contributed by atoms with E-state index in [-0.39, 0.29) is 34.7 Å². The van der Waals surface area contributed by atoms with Gasteiger partial charge in [0, 0.05) is 12.0 Å². The molecule has 0 aliphatic carbocycles. The summed E-state index contributed by atoms with van der Waals surface area (Å²) in [6, 6.07) is 4.66. The van der Waals surface area contributed by atoms with Crippen LogP contribution in [0.25, 0.3) is 0 Å². The second kappa shape index (κ2) is 5.01. The van der Waals surface area contributed by atoms with Gasteiger partial charge in [-0.15, -0.1) is 0 Å². The molecule has 0 aromatic heterocycles. The van der Waals surface area contributed by atoms with Crippen molar-refractivity contribution in [3.05, 3.63) is 29.6 Å². The molecular weight excluding hydrogens is 257 g/mol. The minimum Gasteiger partial charge on any atom is -0.494 e. The molecule has 0 bridgehead atoms. The van der Waals surface area contributed by atoms with Crippen molar-refractivity contribution < 1.29 is 13.9 Å². The molecule has 3 nitrogen and oxygen atoms in total. The lowest BCUT2D eigenvalue weighted by Crippen LogP contribution is -2.35. The van der Waals surface area contributed by atoms with Crippen LogP contribution in [0, 0.1) is 11.7 Å². The Labute approximate surface area is 120 Å². The predicted octanol–water partition coefficient (Wildman–Crippen LogP) is 3.43. The number of methoxy groups -OCH3 is 1. The molecule has 2 unspecified atom stereocenters. The van der Waals surface area contributed by atoms with Crippen LogP contribution >= 0.6 is 0 Å². The molecule has 2 rings (SSSR count). The fraction of sp³-hybridized carbons (Fsp3) is 0.625. The van der Waals surface area contributed by atoms with E-state index in [4.69, 9.17) is 15.2 Å². The van der Waals surface area contributed by atoms with E-state index < -0.39 is 0 Å². The van der Waals surface area contributed by atoms with Crippen LogP contribution in [0.2, 0.25) is 0 Å². The second-order valence-electron chi connectivity index (χ2n) is 6.70. The van der Waals surface area contributed by atoms with Crippen molar-refractivity contribution in [3.8, 4) is 5.75 Å². The van der Waals surface area contributed by atoms with Crippen LogP contribution in [0.4, 0.5) is 4.39 Å². The van der Waals surface area contributed by atoms with Gasteiger partial charge >= 0.3 is 0 Å². The number of hydrogen-bond acceptors (Lipinski definition) is 3. The molecule has 2 atom stereocenters. The Hall–Kier alpha value is -1.13. The van der Waals surface area contributed by atoms with Crippen LogP contribution in [0.1, 0.15) is 45.7 Å². The summed E-state index contributed by atoms with van der Waals surface area (Å²) < 4.78 is 24.8. The largest absolute Gasteiger partial charge is 0.494 e. The fourth-order valence-electron chi connectivity index (χ4n) is 3.29. The first-order chi connectivity index (χ1) is 9.16. The molecule has 4 heteroatoms. The normalized spacial score (nSPS) is 25.4. The van der Waals surface area contributed by atoms with Crippen LogP contribution in [0.5, 0.6) is 5.75 Å². The van der Waals surface area contributed by atoms with Crippen molar-refractivity contribution in [3.63, 3.8) is 0 Å². The first-order valence-corrected chi connectivity index (χ1v) is 6.95. The van der Waals surface area contributed by atoms with E-state index in [1.165, 1.54) is 13.2 Å². The Morgan fingerprint density at radius 2 is 2.00 bits per heavy atom. The summed E-state index contributed by atoms with van der Waals surface area (Å²) in [6.07, 6.45) is 0.856. The number of hydrogen-bond donors (Lipinski definition) is 1. The lowest BCUT2D eigenvalue weighted by molar-refractivity contribution is -0.0767. The monoisotopic (exact) mass is 281 g/mol. The van der Waals surface area contributed by atoms with Gasteiger partial charge in [-0.2, -0.15) is 0 Å². The Morgan fingerprint density at radius 3 is 2.45 bits per heavy atom. The van der Waals surface area contributed by atoms with Crippen LogP contribution < -0.4 is 10.5 Å². The topological polar surface area (TPSA) is 44.5 Å². The first kappa shape index (κ1) is 15.3. The highest BCUT2D eigenvalue weighted by Crippen LogP contribution is 2.47. The van der Waals surface area contributed by atoms with Gasteiger partial charge in [0.1, 0.15) is 0 Å². The van der Waals surface area contributed by atoms with Gasteiger partial charge < -0.3 is 15.2 Å². The predicted molar refractivity (Wildman–Crippen MR) is 77.2 cm³/mol. The van der Waals surface area contributed by atoms with E-state index in [9.17, 15) is 4.39 Å². The molecule has 1 heterocycles. The van der Waals surface area contributed by atoms with Gasteiger partial charge in [0.2, 0.25) is 0 Å². The Kier molecular flexibility index (Phi) is 3.82. The second-order valence-corrected chi connectivity index (χ2v) is 6.70. The molecule has 0 spiro atoms. The third-order valence-electron chi connectivity index (χ3n) is 4.14. The van der Waals surface area contributed by atoms with E-state index >= 15 is 0 Å². The van der Waals surface area contributed by atoms with Crippen molar-refractivity contribution in [2.75, 3.05) is 7.11 Å². The summed E-state index contributed by atoms with van der Waals surface area (Å²) in [5.74, 6) is 0.00457. The van der Waals surface area contributed by atoms with Crippen molar-refractivity contribution in [1.82, 2.24) is 0 Å². The summed E-state index contributed by atoms with van der Waals surface area (Å²) in [4.78, 5) is 0. The van der Waals surface area contributed by atoms with Gasteiger partial charge in [-0.05, 0) is 51.8 Å². The molecule has 2 N–H and O–H groups in total. The highest BCUT2D eigenvalue weighted by Gasteiger charge is 2.48. The standard InChI is InChI=1S/C16H24FNO2/c1-15(2)9-11(16(3,4)20-15)14(18)10-6-7-13(19-5)12(17)8-10/h6-8,11,14H,9,18H2,1-5H3. The Bertz CT molecular complexity index is 499. The maximum absolute atomic E-state index is 13.8. The van der Waals surface area contributed by atoms with Gasteiger partial charge in [0.25, 0.3) is 0 Å². The Balaban J connectivity index is 2.27. The molecule has 1 aromatic carbocycles. The highest BCUT2D eigenvalue weighted by molar-refractivity contribution is 5.31. The van der Waals surface area contributed by atoms with Crippen molar-refractivity contribution in [1.29, 1.82) is 0 Å². The third-order valence-corrected chi connectivity index (χ3v) is 4.14. The summed E-state index contributed by atoms with van der Waals surface area (Å²) in [6.45, 7) is 8.23. The van der Waals surface area contributed by atoms with Gasteiger partial charge in [-0.1, -0.05) is 6.07 Å². The van der Waals surface area contributed by atoms with E-state index in [1.54, 1.807) is 6.07 Å². The molecule has 1 aliphatic heterocycles. The summed E-state index contributed by atoms with van der Waals surface area (Å²) in [5.41, 5.74) is 6.63. The molecule has 1 aliphatic rings. The molecule has 0 radical (unpaired) electrons. The van der Waals surface area contributed by atoms with E-state index in [1.807, 2.05) is 19.9 Å². The van der Waals surface area contributed by atoms with Gasteiger partial charge in [0.15, 0.2) is 11.6 Å². The lowest BCUT2D eigenvalue weighted by atomic mass is 9.79. The zero-order valence-electron chi connectivity index (χ0n) is 12.9. The summed E-state index contributed by atoms with van der Waals surface area (Å²) >= 11 is 0. The van der Waals surface area contributed by atoms with E-state index in [0.717, 1.165) is 12.0 Å². The van der Waals surface area contributed by atoms with Crippen LogP contribution in [0.3, 0.4) is 0 Å². The third kappa shape index (κ3) is 2.81. The molecular formula is C16H24FNO2. The van der Waals surface area contributed by atoms with E-state index in [0.29, 0.717) is 0 Å². The van der Waals surface area contributed by atoms with Crippen LogP contribution in [-0.2, 0) is 4.74 Å². The average Bonchev–Trinajstić information content (AvgIpc) is 2.56. The number of halogens is 1. The molecule has 1 aromatic rings. The summed E-state index contributed by atoms with van der Waals surface area (Å²) in [7, 11) is 1.45. The van der Waals surface area contributed by atoms with Crippen LogP contribution in [-0.4, -0.2) is 18.3 Å². The van der Waals surface area contributed by atoms with Gasteiger partial charge in [-0.3, -0.25) is 0 Å². The minimum absolute atomic E-state index is 0.144. The smallest absolute Gasteiger partial charge is 0.165 e.